The van der Waals surface area contributed by atoms with Crippen LogP contribution in [-0.4, -0.2) is 46.1 Å². The third kappa shape index (κ3) is 9.68. The standard InChI is InChI=1S/C10H17NO5S/c1-7(10(15)16)5-17-6-8(12)11-4-2-3-9(13)14/h7H,2-6H2,1H3,(H,11,12)(H,13,14)(H,15,16). The summed E-state index contributed by atoms with van der Waals surface area (Å²) in [7, 11) is 0. The highest BCUT2D eigenvalue weighted by Crippen LogP contribution is 2.07. The number of aliphatic carboxylic acids is 2. The highest BCUT2D eigenvalue weighted by molar-refractivity contribution is 7.99. The Morgan fingerprint density at radius 3 is 2.47 bits per heavy atom. The van der Waals surface area contributed by atoms with Crippen LogP contribution in [0.3, 0.4) is 0 Å². The lowest BCUT2D eigenvalue weighted by Crippen LogP contribution is -2.27. The van der Waals surface area contributed by atoms with Gasteiger partial charge in [0.2, 0.25) is 5.91 Å². The molecule has 0 aliphatic rings. The molecule has 0 aromatic heterocycles. The van der Waals surface area contributed by atoms with E-state index in [0.29, 0.717) is 18.7 Å². The van der Waals surface area contributed by atoms with Crippen LogP contribution in [0.5, 0.6) is 0 Å². The summed E-state index contributed by atoms with van der Waals surface area (Å²) in [4.78, 5) is 31.9. The van der Waals surface area contributed by atoms with Gasteiger partial charge in [0.05, 0.1) is 11.7 Å². The van der Waals surface area contributed by atoms with E-state index < -0.39 is 17.9 Å². The number of carbonyl (C=O) groups excluding carboxylic acids is 1. The molecule has 0 aromatic rings. The van der Waals surface area contributed by atoms with Crippen molar-refractivity contribution in [2.24, 2.45) is 5.92 Å². The summed E-state index contributed by atoms with van der Waals surface area (Å²) in [5.41, 5.74) is 0. The van der Waals surface area contributed by atoms with Crippen LogP contribution >= 0.6 is 11.8 Å². The molecular weight excluding hydrogens is 246 g/mol. The SMILES string of the molecule is CC(CSCC(=O)NCCCC(=O)O)C(=O)O. The summed E-state index contributed by atoms with van der Waals surface area (Å²) in [5.74, 6) is -1.84. The van der Waals surface area contributed by atoms with Gasteiger partial charge in [0.25, 0.3) is 0 Å². The van der Waals surface area contributed by atoms with E-state index in [1.807, 2.05) is 0 Å². The minimum Gasteiger partial charge on any atom is -0.481 e. The summed E-state index contributed by atoms with van der Waals surface area (Å²) in [6, 6.07) is 0. The molecule has 0 aromatic carbocycles. The van der Waals surface area contributed by atoms with Gasteiger partial charge in [-0.1, -0.05) is 6.92 Å². The molecule has 1 atom stereocenters. The number of carboxylic acids is 2. The maximum Gasteiger partial charge on any atom is 0.307 e. The van der Waals surface area contributed by atoms with Crippen molar-refractivity contribution in [3.05, 3.63) is 0 Å². The van der Waals surface area contributed by atoms with Crippen LogP contribution in [0.1, 0.15) is 19.8 Å². The van der Waals surface area contributed by atoms with Crippen molar-refractivity contribution in [1.82, 2.24) is 5.32 Å². The third-order valence-corrected chi connectivity index (χ3v) is 3.11. The second kappa shape index (κ2) is 8.86. The summed E-state index contributed by atoms with van der Waals surface area (Å²) < 4.78 is 0. The Morgan fingerprint density at radius 1 is 1.29 bits per heavy atom. The van der Waals surface area contributed by atoms with Gasteiger partial charge in [-0.3, -0.25) is 14.4 Å². The van der Waals surface area contributed by atoms with Gasteiger partial charge in [-0.15, -0.1) is 0 Å². The van der Waals surface area contributed by atoms with E-state index in [1.54, 1.807) is 6.92 Å². The zero-order chi connectivity index (χ0) is 13.3. The van der Waals surface area contributed by atoms with Crippen molar-refractivity contribution >= 4 is 29.6 Å². The van der Waals surface area contributed by atoms with Crippen molar-refractivity contribution in [3.63, 3.8) is 0 Å². The quantitative estimate of drug-likeness (QED) is 0.521. The van der Waals surface area contributed by atoms with Crippen LogP contribution in [0, 0.1) is 5.92 Å². The second-order valence-corrected chi connectivity index (χ2v) is 4.63. The molecule has 0 aliphatic carbocycles. The molecule has 17 heavy (non-hydrogen) atoms. The van der Waals surface area contributed by atoms with E-state index >= 15 is 0 Å². The third-order valence-electron chi connectivity index (χ3n) is 1.91. The molecule has 3 N–H and O–H groups in total. The average molecular weight is 263 g/mol. The molecule has 0 rings (SSSR count). The number of thioether (sulfide) groups is 1. The van der Waals surface area contributed by atoms with Crippen LogP contribution in [0.2, 0.25) is 0 Å². The largest absolute Gasteiger partial charge is 0.481 e. The van der Waals surface area contributed by atoms with Crippen LogP contribution < -0.4 is 5.32 Å². The number of hydrogen-bond donors (Lipinski definition) is 3. The van der Waals surface area contributed by atoms with Crippen LogP contribution in [0.4, 0.5) is 0 Å². The van der Waals surface area contributed by atoms with Crippen LogP contribution in [0.15, 0.2) is 0 Å². The van der Waals surface area contributed by atoms with Crippen LogP contribution in [0.25, 0.3) is 0 Å². The number of amides is 1. The number of rotatable bonds is 9. The maximum absolute atomic E-state index is 11.2. The first-order valence-corrected chi connectivity index (χ1v) is 6.38. The molecule has 0 radical (unpaired) electrons. The lowest BCUT2D eigenvalue weighted by atomic mass is 10.2. The molecule has 1 amide bonds. The second-order valence-electron chi connectivity index (χ2n) is 3.60. The van der Waals surface area contributed by atoms with E-state index in [1.165, 1.54) is 11.8 Å². The van der Waals surface area contributed by atoms with Crippen molar-refractivity contribution in [2.75, 3.05) is 18.1 Å². The first-order valence-electron chi connectivity index (χ1n) is 5.22. The predicted octanol–water partition coefficient (Wildman–Crippen LogP) is 0.421. The Labute approximate surface area is 104 Å². The molecule has 0 spiro atoms. The lowest BCUT2D eigenvalue weighted by molar-refractivity contribution is -0.140. The van der Waals surface area contributed by atoms with Gasteiger partial charge in [-0.2, -0.15) is 11.8 Å². The lowest BCUT2D eigenvalue weighted by Gasteiger charge is -2.06. The Hall–Kier alpha value is -1.24. The van der Waals surface area contributed by atoms with Gasteiger partial charge < -0.3 is 15.5 Å². The number of carbonyl (C=O) groups is 3. The molecule has 0 aliphatic heterocycles. The van der Waals surface area contributed by atoms with Gasteiger partial charge in [-0.05, 0) is 6.42 Å². The van der Waals surface area contributed by atoms with E-state index in [0.717, 1.165) is 0 Å². The van der Waals surface area contributed by atoms with Gasteiger partial charge in [0.15, 0.2) is 0 Å². The van der Waals surface area contributed by atoms with Gasteiger partial charge in [-0.25, -0.2) is 0 Å². The molecule has 98 valence electrons. The monoisotopic (exact) mass is 263 g/mol. The molecule has 1 unspecified atom stereocenters. The van der Waals surface area contributed by atoms with E-state index in [9.17, 15) is 14.4 Å². The number of hydrogen-bond acceptors (Lipinski definition) is 4. The van der Waals surface area contributed by atoms with Crippen molar-refractivity contribution in [3.8, 4) is 0 Å². The van der Waals surface area contributed by atoms with Crippen molar-refractivity contribution < 1.29 is 24.6 Å². The summed E-state index contributed by atoms with van der Waals surface area (Å²) in [6.45, 7) is 1.92. The number of nitrogens with one attached hydrogen (secondary N) is 1. The highest BCUT2D eigenvalue weighted by atomic mass is 32.2. The minimum atomic E-state index is -0.885. The fourth-order valence-electron chi connectivity index (χ4n) is 0.918. The minimum absolute atomic E-state index is 0.0312. The van der Waals surface area contributed by atoms with Gasteiger partial charge >= 0.3 is 11.9 Å². The topological polar surface area (TPSA) is 104 Å². The summed E-state index contributed by atoms with van der Waals surface area (Å²) in [5, 5.41) is 19.5. The van der Waals surface area contributed by atoms with Gasteiger partial charge in [0.1, 0.15) is 0 Å². The molecule has 0 fully saturated rings. The Balaban J connectivity index is 3.47. The van der Waals surface area contributed by atoms with Gasteiger partial charge in [0, 0.05) is 18.7 Å². The Bertz CT molecular complexity index is 282. The van der Waals surface area contributed by atoms with Crippen LogP contribution in [-0.2, 0) is 14.4 Å². The van der Waals surface area contributed by atoms with E-state index in [2.05, 4.69) is 5.32 Å². The normalized spacial score (nSPS) is 11.8. The molecular formula is C10H17NO5S. The Morgan fingerprint density at radius 2 is 1.94 bits per heavy atom. The summed E-state index contributed by atoms with van der Waals surface area (Å²) in [6.07, 6.45) is 0.431. The van der Waals surface area contributed by atoms with Crippen molar-refractivity contribution in [2.45, 2.75) is 19.8 Å². The summed E-state index contributed by atoms with van der Waals surface area (Å²) >= 11 is 1.25. The molecule has 6 nitrogen and oxygen atoms in total. The molecule has 0 saturated heterocycles. The maximum atomic E-state index is 11.2. The first kappa shape index (κ1) is 15.8. The fraction of sp³-hybridized carbons (Fsp3) is 0.700. The molecule has 7 heteroatoms. The van der Waals surface area contributed by atoms with Crippen molar-refractivity contribution in [1.29, 1.82) is 0 Å². The van der Waals surface area contributed by atoms with E-state index in [4.69, 9.17) is 10.2 Å². The molecule has 0 heterocycles. The zero-order valence-corrected chi connectivity index (χ0v) is 10.5. The number of carboxylic acid groups (broad SMARTS) is 2. The predicted molar refractivity (Wildman–Crippen MR) is 64.0 cm³/mol. The average Bonchev–Trinajstić information content (AvgIpc) is 2.23. The molecule has 0 bridgehead atoms. The Kier molecular flexibility index (Phi) is 8.21. The highest BCUT2D eigenvalue weighted by Gasteiger charge is 2.11. The first-order chi connectivity index (χ1) is 7.93. The molecule has 0 saturated carbocycles. The smallest absolute Gasteiger partial charge is 0.307 e. The zero-order valence-electron chi connectivity index (χ0n) is 9.64. The van der Waals surface area contributed by atoms with E-state index in [-0.39, 0.29) is 18.1 Å². The fourth-order valence-corrected chi connectivity index (χ4v) is 1.82.